The van der Waals surface area contributed by atoms with Crippen molar-refractivity contribution in [1.29, 1.82) is 0 Å². The van der Waals surface area contributed by atoms with Crippen molar-refractivity contribution in [3.05, 3.63) is 40.6 Å². The topological polar surface area (TPSA) is 39.1 Å². The molecule has 102 valence electrons. The van der Waals surface area contributed by atoms with Crippen LogP contribution < -0.4 is 5.32 Å². The van der Waals surface area contributed by atoms with E-state index < -0.39 is 0 Å². The van der Waals surface area contributed by atoms with E-state index in [1.807, 2.05) is 19.4 Å². The Kier molecular flexibility index (Phi) is 3.96. The second kappa shape index (κ2) is 5.86. The van der Waals surface area contributed by atoms with Crippen molar-refractivity contribution in [3.8, 4) is 0 Å². The third-order valence-corrected chi connectivity index (χ3v) is 4.52. The van der Waals surface area contributed by atoms with Crippen LogP contribution in [0.2, 0.25) is 0 Å². The second-order valence-electron chi connectivity index (χ2n) is 4.98. The summed E-state index contributed by atoms with van der Waals surface area (Å²) < 4.78 is 7.52. The summed E-state index contributed by atoms with van der Waals surface area (Å²) in [4.78, 5) is 5.81. The van der Waals surface area contributed by atoms with Crippen LogP contribution in [0, 0.1) is 5.92 Å². The first-order valence-electron chi connectivity index (χ1n) is 6.66. The highest BCUT2D eigenvalue weighted by atomic mass is 32.1. The SMILES string of the molecule is Cn1ccnc1C(NCC1CCOC1)c1cccs1. The van der Waals surface area contributed by atoms with Crippen molar-refractivity contribution in [3.63, 3.8) is 0 Å². The molecule has 3 rings (SSSR count). The van der Waals surface area contributed by atoms with Gasteiger partial charge in [-0.3, -0.25) is 0 Å². The molecule has 1 aliphatic heterocycles. The van der Waals surface area contributed by atoms with Crippen molar-refractivity contribution in [2.24, 2.45) is 13.0 Å². The van der Waals surface area contributed by atoms with Crippen molar-refractivity contribution in [2.75, 3.05) is 19.8 Å². The minimum Gasteiger partial charge on any atom is -0.381 e. The first-order chi connectivity index (χ1) is 9.34. The molecule has 1 saturated heterocycles. The van der Waals surface area contributed by atoms with Gasteiger partial charge in [-0.1, -0.05) is 6.07 Å². The molecule has 0 radical (unpaired) electrons. The third kappa shape index (κ3) is 2.88. The van der Waals surface area contributed by atoms with Gasteiger partial charge in [0.25, 0.3) is 0 Å². The Balaban J connectivity index is 1.75. The summed E-state index contributed by atoms with van der Waals surface area (Å²) in [5.74, 6) is 1.70. The number of hydrogen-bond acceptors (Lipinski definition) is 4. The number of rotatable bonds is 5. The first kappa shape index (κ1) is 12.8. The Morgan fingerprint density at radius 3 is 3.21 bits per heavy atom. The number of imidazole rings is 1. The lowest BCUT2D eigenvalue weighted by Crippen LogP contribution is -2.29. The molecule has 2 aromatic rings. The minimum absolute atomic E-state index is 0.181. The van der Waals surface area contributed by atoms with E-state index in [0.717, 1.165) is 32.0 Å². The molecule has 1 N–H and O–H groups in total. The summed E-state index contributed by atoms with van der Waals surface area (Å²) in [7, 11) is 2.04. The number of nitrogens with zero attached hydrogens (tertiary/aromatic N) is 2. The Morgan fingerprint density at radius 1 is 1.63 bits per heavy atom. The molecule has 2 atom stereocenters. The molecule has 0 aromatic carbocycles. The van der Waals surface area contributed by atoms with Crippen molar-refractivity contribution >= 4 is 11.3 Å². The lowest BCUT2D eigenvalue weighted by Gasteiger charge is -2.19. The maximum absolute atomic E-state index is 5.44. The molecule has 5 heteroatoms. The maximum atomic E-state index is 5.44. The van der Waals surface area contributed by atoms with Crippen LogP contribution in [-0.4, -0.2) is 29.3 Å². The van der Waals surface area contributed by atoms with Crippen LogP contribution in [0.1, 0.15) is 23.2 Å². The summed E-state index contributed by atoms with van der Waals surface area (Å²) in [5, 5.41) is 5.77. The molecule has 0 saturated carbocycles. The lowest BCUT2D eigenvalue weighted by molar-refractivity contribution is 0.185. The van der Waals surface area contributed by atoms with Crippen molar-refractivity contribution in [1.82, 2.24) is 14.9 Å². The molecule has 19 heavy (non-hydrogen) atoms. The van der Waals surface area contributed by atoms with Crippen LogP contribution in [0.15, 0.2) is 29.9 Å². The summed E-state index contributed by atoms with van der Waals surface area (Å²) in [6.07, 6.45) is 5.01. The molecule has 3 heterocycles. The number of thiophene rings is 1. The van der Waals surface area contributed by atoms with E-state index in [4.69, 9.17) is 4.74 Å². The Labute approximate surface area is 117 Å². The highest BCUT2D eigenvalue weighted by Gasteiger charge is 2.22. The van der Waals surface area contributed by atoms with Gasteiger partial charge in [-0.05, 0) is 23.8 Å². The lowest BCUT2D eigenvalue weighted by atomic mass is 10.1. The molecule has 1 fully saturated rings. The van der Waals surface area contributed by atoms with Gasteiger partial charge in [-0.15, -0.1) is 11.3 Å². The molecule has 0 amide bonds. The van der Waals surface area contributed by atoms with Gasteiger partial charge in [0.05, 0.1) is 6.61 Å². The van der Waals surface area contributed by atoms with E-state index in [-0.39, 0.29) is 6.04 Å². The molecule has 1 aliphatic rings. The number of ether oxygens (including phenoxy) is 1. The van der Waals surface area contributed by atoms with E-state index in [1.54, 1.807) is 11.3 Å². The van der Waals surface area contributed by atoms with Gasteiger partial charge >= 0.3 is 0 Å². The van der Waals surface area contributed by atoms with Crippen LogP contribution in [0.5, 0.6) is 0 Å². The van der Waals surface area contributed by atoms with E-state index in [2.05, 4.69) is 32.4 Å². The van der Waals surface area contributed by atoms with E-state index >= 15 is 0 Å². The van der Waals surface area contributed by atoms with E-state index in [1.165, 1.54) is 4.88 Å². The molecular formula is C14H19N3OS. The number of aromatic nitrogens is 2. The van der Waals surface area contributed by atoms with Crippen LogP contribution in [0.25, 0.3) is 0 Å². The second-order valence-corrected chi connectivity index (χ2v) is 5.96. The molecular weight excluding hydrogens is 258 g/mol. The minimum atomic E-state index is 0.181. The number of aryl methyl sites for hydroxylation is 1. The highest BCUT2D eigenvalue weighted by molar-refractivity contribution is 7.10. The molecule has 0 bridgehead atoms. The van der Waals surface area contributed by atoms with Crippen LogP contribution in [0.4, 0.5) is 0 Å². The molecule has 2 unspecified atom stereocenters. The molecule has 0 aliphatic carbocycles. The zero-order chi connectivity index (χ0) is 13.1. The Bertz CT molecular complexity index is 503. The fourth-order valence-electron chi connectivity index (χ4n) is 2.46. The predicted molar refractivity (Wildman–Crippen MR) is 76.3 cm³/mol. The third-order valence-electron chi connectivity index (χ3n) is 3.58. The van der Waals surface area contributed by atoms with Crippen LogP contribution in [-0.2, 0) is 11.8 Å². The van der Waals surface area contributed by atoms with Gasteiger partial charge in [-0.25, -0.2) is 4.98 Å². The summed E-state index contributed by atoms with van der Waals surface area (Å²) in [6.45, 7) is 2.76. The van der Waals surface area contributed by atoms with Gasteiger partial charge in [0.15, 0.2) is 0 Å². The Morgan fingerprint density at radius 2 is 2.58 bits per heavy atom. The highest BCUT2D eigenvalue weighted by Crippen LogP contribution is 2.25. The largest absolute Gasteiger partial charge is 0.381 e. The number of nitrogens with one attached hydrogen (secondary N) is 1. The predicted octanol–water partition coefficient (Wildman–Crippen LogP) is 2.20. The van der Waals surface area contributed by atoms with Gasteiger partial charge in [0, 0.05) is 37.5 Å². The van der Waals surface area contributed by atoms with Gasteiger partial charge in [0.2, 0.25) is 0 Å². The zero-order valence-electron chi connectivity index (χ0n) is 11.1. The van der Waals surface area contributed by atoms with Crippen LogP contribution in [0.3, 0.4) is 0 Å². The normalized spacial score (nSPS) is 20.8. The maximum Gasteiger partial charge on any atom is 0.131 e. The first-order valence-corrected chi connectivity index (χ1v) is 7.54. The smallest absolute Gasteiger partial charge is 0.131 e. The fraction of sp³-hybridized carbons (Fsp3) is 0.500. The van der Waals surface area contributed by atoms with E-state index in [9.17, 15) is 0 Å². The Hall–Kier alpha value is -1.17. The van der Waals surface area contributed by atoms with Gasteiger partial charge in [-0.2, -0.15) is 0 Å². The number of hydrogen-bond donors (Lipinski definition) is 1. The van der Waals surface area contributed by atoms with E-state index in [0.29, 0.717) is 5.92 Å². The summed E-state index contributed by atoms with van der Waals surface area (Å²) >= 11 is 1.77. The summed E-state index contributed by atoms with van der Waals surface area (Å²) in [5.41, 5.74) is 0. The zero-order valence-corrected chi connectivity index (χ0v) is 11.9. The molecule has 4 nitrogen and oxygen atoms in total. The fourth-order valence-corrected chi connectivity index (χ4v) is 3.26. The van der Waals surface area contributed by atoms with Gasteiger partial charge < -0.3 is 14.6 Å². The molecule has 0 spiro atoms. The molecule has 2 aromatic heterocycles. The average molecular weight is 277 g/mol. The van der Waals surface area contributed by atoms with Crippen molar-refractivity contribution in [2.45, 2.75) is 12.5 Å². The van der Waals surface area contributed by atoms with Gasteiger partial charge in [0.1, 0.15) is 11.9 Å². The van der Waals surface area contributed by atoms with Crippen LogP contribution >= 0.6 is 11.3 Å². The summed E-state index contributed by atoms with van der Waals surface area (Å²) in [6, 6.07) is 4.44. The quantitative estimate of drug-likeness (QED) is 0.910. The standard InChI is InChI=1S/C14H19N3OS/c1-17-6-5-15-14(17)13(12-3-2-8-19-12)16-9-11-4-7-18-10-11/h2-3,5-6,8,11,13,16H,4,7,9-10H2,1H3. The van der Waals surface area contributed by atoms with Crippen molar-refractivity contribution < 1.29 is 4.74 Å². The average Bonchev–Trinajstić information content (AvgIpc) is 3.13. The monoisotopic (exact) mass is 277 g/mol.